The van der Waals surface area contributed by atoms with Gasteiger partial charge in [-0.2, -0.15) is 0 Å². The van der Waals surface area contributed by atoms with Crippen molar-refractivity contribution in [3.63, 3.8) is 0 Å². The average molecular weight is 234 g/mol. The van der Waals surface area contributed by atoms with Crippen LogP contribution in [0.4, 0.5) is 0 Å². The fourth-order valence-electron chi connectivity index (χ4n) is 2.58. The Labute approximate surface area is 99.4 Å². The minimum atomic E-state index is -0.280. The van der Waals surface area contributed by atoms with Gasteiger partial charge in [0.2, 0.25) is 0 Å². The Kier molecular flexibility index (Phi) is 2.23. The van der Waals surface area contributed by atoms with Crippen molar-refractivity contribution in [2.24, 2.45) is 0 Å². The normalized spacial score (nSPS) is 42.2. The molecule has 0 aromatic heterocycles. The standard InChI is InChI=1S/C13H14O4/c1-2-4-8(5-3-1)6-15-13-12-11-10(17-11)9(16-13)7-14-12/h1-5,9-13H,6-7H2/t9-,10-,11-,12+,13-/m0/s1. The summed E-state index contributed by atoms with van der Waals surface area (Å²) in [5.41, 5.74) is 1.14. The molecule has 0 radical (unpaired) electrons. The molecule has 0 unspecified atom stereocenters. The van der Waals surface area contributed by atoms with Gasteiger partial charge in [0.25, 0.3) is 0 Å². The van der Waals surface area contributed by atoms with Crippen LogP contribution in [0.15, 0.2) is 30.3 Å². The van der Waals surface area contributed by atoms with Gasteiger partial charge in [-0.15, -0.1) is 0 Å². The van der Waals surface area contributed by atoms with Crippen molar-refractivity contribution in [3.8, 4) is 0 Å². The van der Waals surface area contributed by atoms with Crippen LogP contribution in [0.5, 0.6) is 0 Å². The van der Waals surface area contributed by atoms with Crippen LogP contribution in [0.25, 0.3) is 0 Å². The summed E-state index contributed by atoms with van der Waals surface area (Å²) in [5, 5.41) is 0. The number of benzene rings is 1. The van der Waals surface area contributed by atoms with Gasteiger partial charge in [0.1, 0.15) is 24.4 Å². The largest absolute Gasteiger partial charge is 0.367 e. The Morgan fingerprint density at radius 2 is 1.94 bits per heavy atom. The molecule has 0 saturated carbocycles. The molecule has 0 amide bonds. The predicted octanol–water partition coefficient (Wildman–Crippen LogP) is 1.09. The topological polar surface area (TPSA) is 40.2 Å². The fraction of sp³-hybridized carbons (Fsp3) is 0.538. The summed E-state index contributed by atoms with van der Waals surface area (Å²) in [6.07, 6.45) is 0.186. The average Bonchev–Trinajstić information content (AvgIpc) is 3.20. The van der Waals surface area contributed by atoms with Crippen LogP contribution in [0, 0.1) is 0 Å². The van der Waals surface area contributed by atoms with E-state index in [9.17, 15) is 0 Å². The number of hydrogen-bond donors (Lipinski definition) is 0. The molecule has 90 valence electrons. The van der Waals surface area contributed by atoms with E-state index in [0.717, 1.165) is 5.56 Å². The maximum Gasteiger partial charge on any atom is 0.187 e. The number of hydrogen-bond acceptors (Lipinski definition) is 4. The van der Waals surface area contributed by atoms with Crippen molar-refractivity contribution in [1.29, 1.82) is 0 Å². The maximum absolute atomic E-state index is 5.79. The first-order valence-corrected chi connectivity index (χ1v) is 6.00. The van der Waals surface area contributed by atoms with Gasteiger partial charge < -0.3 is 18.9 Å². The molecule has 2 bridgehead atoms. The van der Waals surface area contributed by atoms with Crippen LogP contribution >= 0.6 is 0 Å². The van der Waals surface area contributed by atoms with E-state index >= 15 is 0 Å². The van der Waals surface area contributed by atoms with Gasteiger partial charge in [0.05, 0.1) is 13.2 Å². The van der Waals surface area contributed by atoms with Crippen LogP contribution in [0.3, 0.4) is 0 Å². The van der Waals surface area contributed by atoms with Gasteiger partial charge in [-0.25, -0.2) is 0 Å². The molecule has 5 atom stereocenters. The first kappa shape index (κ1) is 10.0. The molecular formula is C13H14O4. The number of epoxide rings is 1. The van der Waals surface area contributed by atoms with E-state index in [1.807, 2.05) is 30.3 Å². The Morgan fingerprint density at radius 3 is 2.76 bits per heavy atom. The lowest BCUT2D eigenvalue weighted by atomic mass is 10.0. The summed E-state index contributed by atoms with van der Waals surface area (Å²) >= 11 is 0. The Balaban J connectivity index is 1.41. The van der Waals surface area contributed by atoms with Crippen LogP contribution in [-0.2, 0) is 25.6 Å². The zero-order chi connectivity index (χ0) is 11.2. The highest BCUT2D eigenvalue weighted by atomic mass is 16.8. The molecule has 17 heavy (non-hydrogen) atoms. The van der Waals surface area contributed by atoms with Gasteiger partial charge in [-0.05, 0) is 5.56 Å². The number of fused-ring (bicyclic) bond motifs is 2. The van der Waals surface area contributed by atoms with Crippen molar-refractivity contribution in [3.05, 3.63) is 35.9 Å². The van der Waals surface area contributed by atoms with Gasteiger partial charge in [-0.1, -0.05) is 30.3 Å². The molecule has 4 saturated heterocycles. The van der Waals surface area contributed by atoms with Crippen molar-refractivity contribution >= 4 is 0 Å². The van der Waals surface area contributed by atoms with Gasteiger partial charge in [-0.3, -0.25) is 0 Å². The fourth-order valence-corrected chi connectivity index (χ4v) is 2.58. The summed E-state index contributed by atoms with van der Waals surface area (Å²) < 4.78 is 22.7. The molecule has 4 aliphatic rings. The quantitative estimate of drug-likeness (QED) is 0.734. The second-order valence-corrected chi connectivity index (χ2v) is 4.70. The first-order valence-electron chi connectivity index (χ1n) is 6.00. The molecule has 0 spiro atoms. The smallest absolute Gasteiger partial charge is 0.187 e. The molecule has 1 aromatic carbocycles. The van der Waals surface area contributed by atoms with E-state index in [4.69, 9.17) is 18.9 Å². The lowest BCUT2D eigenvalue weighted by molar-refractivity contribution is -0.294. The molecule has 1 aromatic rings. The van der Waals surface area contributed by atoms with Gasteiger partial charge in [0.15, 0.2) is 6.29 Å². The third-order valence-electron chi connectivity index (χ3n) is 3.54. The van der Waals surface area contributed by atoms with Crippen LogP contribution in [-0.4, -0.2) is 37.3 Å². The van der Waals surface area contributed by atoms with Gasteiger partial charge in [0, 0.05) is 0 Å². The van der Waals surface area contributed by atoms with E-state index in [1.165, 1.54) is 0 Å². The molecule has 4 heteroatoms. The number of ether oxygens (including phenoxy) is 4. The Morgan fingerprint density at radius 1 is 1.06 bits per heavy atom. The molecule has 4 nitrogen and oxygen atoms in total. The van der Waals surface area contributed by atoms with E-state index in [-0.39, 0.29) is 30.7 Å². The van der Waals surface area contributed by atoms with E-state index in [2.05, 4.69) is 0 Å². The molecule has 4 fully saturated rings. The second kappa shape index (κ2) is 3.78. The summed E-state index contributed by atoms with van der Waals surface area (Å²) in [6, 6.07) is 10.1. The van der Waals surface area contributed by atoms with Crippen molar-refractivity contribution in [2.75, 3.05) is 6.61 Å². The monoisotopic (exact) mass is 234 g/mol. The minimum absolute atomic E-state index is 0.0475. The summed E-state index contributed by atoms with van der Waals surface area (Å²) in [6.45, 7) is 1.19. The second-order valence-electron chi connectivity index (χ2n) is 4.70. The number of rotatable bonds is 3. The van der Waals surface area contributed by atoms with Gasteiger partial charge >= 0.3 is 0 Å². The van der Waals surface area contributed by atoms with Crippen LogP contribution in [0.2, 0.25) is 0 Å². The first-order chi connectivity index (χ1) is 8.42. The highest BCUT2D eigenvalue weighted by molar-refractivity contribution is 5.13. The highest BCUT2D eigenvalue weighted by Gasteiger charge is 2.62. The van der Waals surface area contributed by atoms with Crippen LogP contribution in [0.1, 0.15) is 5.56 Å². The predicted molar refractivity (Wildman–Crippen MR) is 58.3 cm³/mol. The lowest BCUT2D eigenvalue weighted by Crippen LogP contribution is -2.55. The lowest BCUT2D eigenvalue weighted by Gasteiger charge is -2.38. The molecular weight excluding hydrogens is 220 g/mol. The summed E-state index contributed by atoms with van der Waals surface area (Å²) in [7, 11) is 0. The Bertz CT molecular complexity index is 407. The van der Waals surface area contributed by atoms with Crippen LogP contribution < -0.4 is 0 Å². The SMILES string of the molecule is c1ccc(CO[C@H]2O[C@H]3CO[C@@H]2[C@H]2O[C@H]23)cc1. The molecule has 0 aliphatic carbocycles. The molecule has 4 aliphatic heterocycles. The van der Waals surface area contributed by atoms with Crippen molar-refractivity contribution in [1.82, 2.24) is 0 Å². The Hall–Kier alpha value is -0.940. The van der Waals surface area contributed by atoms with Crippen molar-refractivity contribution < 1.29 is 18.9 Å². The maximum atomic E-state index is 5.79. The van der Waals surface area contributed by atoms with E-state index in [0.29, 0.717) is 13.2 Å². The zero-order valence-corrected chi connectivity index (χ0v) is 9.32. The summed E-state index contributed by atoms with van der Waals surface area (Å²) in [5.74, 6) is 0. The zero-order valence-electron chi connectivity index (χ0n) is 9.32. The third kappa shape index (κ3) is 1.68. The third-order valence-corrected chi connectivity index (χ3v) is 3.54. The molecule has 4 heterocycles. The molecule has 0 N–H and O–H groups in total. The van der Waals surface area contributed by atoms with E-state index < -0.39 is 0 Å². The minimum Gasteiger partial charge on any atom is -0.367 e. The summed E-state index contributed by atoms with van der Waals surface area (Å²) in [4.78, 5) is 0. The van der Waals surface area contributed by atoms with E-state index in [1.54, 1.807) is 0 Å². The van der Waals surface area contributed by atoms with Crippen molar-refractivity contribution in [2.45, 2.75) is 37.3 Å². The highest BCUT2D eigenvalue weighted by Crippen LogP contribution is 2.43. The molecule has 5 rings (SSSR count).